The van der Waals surface area contributed by atoms with E-state index in [1.165, 1.54) is 23.0 Å². The maximum absolute atomic E-state index is 13.2. The van der Waals surface area contributed by atoms with Crippen LogP contribution in [0.1, 0.15) is 28.2 Å². The van der Waals surface area contributed by atoms with Gasteiger partial charge >= 0.3 is 0 Å². The summed E-state index contributed by atoms with van der Waals surface area (Å²) in [5, 5.41) is 8.68. The smallest absolute Gasteiger partial charge is 0.255 e. The maximum Gasteiger partial charge on any atom is 0.255 e. The number of fused-ring (bicyclic) bond motifs is 1. The van der Waals surface area contributed by atoms with Crippen LogP contribution in [0.3, 0.4) is 0 Å². The van der Waals surface area contributed by atoms with E-state index in [1.807, 2.05) is 26.0 Å². The second-order valence-corrected chi connectivity index (χ2v) is 7.11. The maximum atomic E-state index is 13.2. The molecule has 6 heteroatoms. The molecule has 0 radical (unpaired) electrons. The number of carbonyl (C=O) groups excluding carboxylic acids is 1. The first-order valence-electron chi connectivity index (χ1n) is 9.69. The van der Waals surface area contributed by atoms with Crippen molar-refractivity contribution in [2.45, 2.75) is 26.8 Å². The van der Waals surface area contributed by atoms with Crippen LogP contribution in [-0.2, 0) is 6.54 Å². The summed E-state index contributed by atoms with van der Waals surface area (Å²) in [7, 11) is 0. The molecule has 0 spiro atoms. The lowest BCUT2D eigenvalue weighted by atomic mass is 10.2. The number of aryl methyl sites for hydroxylation is 2. The summed E-state index contributed by atoms with van der Waals surface area (Å²) in [4.78, 5) is 12.7. The Morgan fingerprint density at radius 1 is 1.07 bits per heavy atom. The molecule has 1 N–H and O–H groups in total. The number of hydrogen-bond acceptors (Lipinski definition) is 2. The molecular weight excluding hydrogens is 367 g/mol. The van der Waals surface area contributed by atoms with Gasteiger partial charge in [-0.1, -0.05) is 18.2 Å². The normalized spacial score (nSPS) is 11.1. The summed E-state index contributed by atoms with van der Waals surface area (Å²) >= 11 is 0. The van der Waals surface area contributed by atoms with Crippen LogP contribution < -0.4 is 5.32 Å². The van der Waals surface area contributed by atoms with Crippen molar-refractivity contribution in [2.75, 3.05) is 6.54 Å². The van der Waals surface area contributed by atoms with Crippen LogP contribution in [-0.4, -0.2) is 26.8 Å². The zero-order valence-corrected chi connectivity index (χ0v) is 16.5. The Labute approximate surface area is 168 Å². The Balaban J connectivity index is 1.40. The highest BCUT2D eigenvalue weighted by Crippen LogP contribution is 2.18. The second-order valence-electron chi connectivity index (χ2n) is 7.11. The molecule has 2 heterocycles. The zero-order chi connectivity index (χ0) is 20.4. The lowest BCUT2D eigenvalue weighted by molar-refractivity contribution is 0.0951. The van der Waals surface area contributed by atoms with Crippen LogP contribution in [0.25, 0.3) is 16.6 Å². The first-order valence-corrected chi connectivity index (χ1v) is 9.69. The van der Waals surface area contributed by atoms with Crippen molar-refractivity contribution in [3.05, 3.63) is 83.6 Å². The van der Waals surface area contributed by atoms with E-state index in [4.69, 9.17) is 0 Å². The lowest BCUT2D eigenvalue weighted by Gasteiger charge is -2.08. The molecule has 1 amide bonds. The largest absolute Gasteiger partial charge is 0.352 e. The molecule has 148 valence electrons. The highest BCUT2D eigenvalue weighted by molar-refractivity contribution is 5.96. The standard InChI is InChI=1S/C23H23FN4O/c1-16-22(17(2)28(26-16)20-10-8-19(24)9-11-20)23(29)25-13-5-14-27-15-12-18-6-3-4-7-21(18)27/h3-4,6-12,15H,5,13-14H2,1-2H3,(H,25,29). The number of aromatic nitrogens is 3. The predicted molar refractivity (Wildman–Crippen MR) is 112 cm³/mol. The van der Waals surface area contributed by atoms with Gasteiger partial charge in [0.25, 0.3) is 5.91 Å². The van der Waals surface area contributed by atoms with Crippen LogP contribution in [0.2, 0.25) is 0 Å². The monoisotopic (exact) mass is 390 g/mol. The number of hydrogen-bond donors (Lipinski definition) is 1. The third-order valence-corrected chi connectivity index (χ3v) is 5.13. The van der Waals surface area contributed by atoms with Crippen molar-refractivity contribution in [1.29, 1.82) is 0 Å². The zero-order valence-electron chi connectivity index (χ0n) is 16.5. The fourth-order valence-electron chi connectivity index (χ4n) is 3.68. The summed E-state index contributed by atoms with van der Waals surface area (Å²) in [6.45, 7) is 5.07. The van der Waals surface area contributed by atoms with Gasteiger partial charge in [-0.25, -0.2) is 9.07 Å². The molecule has 0 aliphatic carbocycles. The molecule has 0 aliphatic rings. The third-order valence-electron chi connectivity index (χ3n) is 5.13. The van der Waals surface area contributed by atoms with Gasteiger partial charge in [0.05, 0.1) is 22.6 Å². The van der Waals surface area contributed by atoms with Crippen molar-refractivity contribution in [3.63, 3.8) is 0 Å². The van der Waals surface area contributed by atoms with Gasteiger partial charge < -0.3 is 9.88 Å². The molecule has 5 nitrogen and oxygen atoms in total. The molecule has 4 aromatic rings. The minimum absolute atomic E-state index is 0.134. The lowest BCUT2D eigenvalue weighted by Crippen LogP contribution is -2.26. The molecule has 0 aliphatic heterocycles. The van der Waals surface area contributed by atoms with Crippen LogP contribution in [0, 0.1) is 19.7 Å². The molecule has 0 bridgehead atoms. The molecular formula is C23H23FN4O. The SMILES string of the molecule is Cc1nn(-c2ccc(F)cc2)c(C)c1C(=O)NCCCn1ccc2ccccc21. The van der Waals surface area contributed by atoms with Crippen LogP contribution in [0.5, 0.6) is 0 Å². The third kappa shape index (κ3) is 3.78. The number of para-hydroxylation sites is 1. The topological polar surface area (TPSA) is 51.9 Å². The van der Waals surface area contributed by atoms with Crippen LogP contribution in [0.15, 0.2) is 60.8 Å². The fraction of sp³-hybridized carbons (Fsp3) is 0.217. The average molecular weight is 390 g/mol. The number of carbonyl (C=O) groups is 1. The first-order chi connectivity index (χ1) is 14.0. The minimum Gasteiger partial charge on any atom is -0.352 e. The molecule has 0 fully saturated rings. The number of amides is 1. The van der Waals surface area contributed by atoms with Crippen molar-refractivity contribution in [2.24, 2.45) is 0 Å². The van der Waals surface area contributed by atoms with Gasteiger partial charge in [-0.3, -0.25) is 4.79 Å². The molecule has 4 rings (SSSR count). The van der Waals surface area contributed by atoms with E-state index in [0.29, 0.717) is 17.8 Å². The van der Waals surface area contributed by atoms with E-state index in [-0.39, 0.29) is 11.7 Å². The quantitative estimate of drug-likeness (QED) is 0.496. The molecule has 2 aromatic heterocycles. The summed E-state index contributed by atoms with van der Waals surface area (Å²) in [6, 6.07) is 16.4. The number of nitrogens with zero attached hydrogens (tertiary/aromatic N) is 3. The van der Waals surface area contributed by atoms with Crippen molar-refractivity contribution in [3.8, 4) is 5.69 Å². The number of nitrogens with one attached hydrogen (secondary N) is 1. The Morgan fingerprint density at radius 3 is 2.62 bits per heavy atom. The van der Waals surface area contributed by atoms with Gasteiger partial charge in [0.15, 0.2) is 0 Å². The Morgan fingerprint density at radius 2 is 1.83 bits per heavy atom. The summed E-state index contributed by atoms with van der Waals surface area (Å²) < 4.78 is 17.1. The summed E-state index contributed by atoms with van der Waals surface area (Å²) in [5.74, 6) is -0.436. The average Bonchev–Trinajstić information content (AvgIpc) is 3.26. The van der Waals surface area contributed by atoms with Gasteiger partial charge in [0.2, 0.25) is 0 Å². The van der Waals surface area contributed by atoms with Gasteiger partial charge in [0, 0.05) is 24.8 Å². The molecule has 29 heavy (non-hydrogen) atoms. The van der Waals surface area contributed by atoms with Crippen molar-refractivity contribution < 1.29 is 9.18 Å². The summed E-state index contributed by atoms with van der Waals surface area (Å²) in [5.41, 5.74) is 3.89. The number of benzene rings is 2. The molecule has 0 saturated heterocycles. The Hall–Kier alpha value is -3.41. The van der Waals surface area contributed by atoms with Crippen LogP contribution >= 0.6 is 0 Å². The predicted octanol–water partition coefficient (Wildman–Crippen LogP) is 4.40. The number of rotatable bonds is 6. The molecule has 0 unspecified atom stereocenters. The van der Waals surface area contributed by atoms with Gasteiger partial charge in [-0.05, 0) is 62.1 Å². The van der Waals surface area contributed by atoms with E-state index in [2.05, 4.69) is 39.4 Å². The van der Waals surface area contributed by atoms with Crippen molar-refractivity contribution >= 4 is 16.8 Å². The minimum atomic E-state index is -0.302. The van der Waals surface area contributed by atoms with Gasteiger partial charge in [0.1, 0.15) is 5.82 Å². The first kappa shape index (κ1) is 18.9. The van der Waals surface area contributed by atoms with Crippen molar-refractivity contribution in [1.82, 2.24) is 19.7 Å². The van der Waals surface area contributed by atoms with E-state index in [1.54, 1.807) is 16.8 Å². The second kappa shape index (κ2) is 7.91. The van der Waals surface area contributed by atoms with Gasteiger partial charge in [-0.15, -0.1) is 0 Å². The van der Waals surface area contributed by atoms with Gasteiger partial charge in [-0.2, -0.15) is 5.10 Å². The molecule has 0 atom stereocenters. The van der Waals surface area contributed by atoms with E-state index >= 15 is 0 Å². The Kier molecular flexibility index (Phi) is 5.16. The highest BCUT2D eigenvalue weighted by Gasteiger charge is 2.19. The Bertz CT molecular complexity index is 1160. The summed E-state index contributed by atoms with van der Waals surface area (Å²) in [6.07, 6.45) is 2.90. The van der Waals surface area contributed by atoms with E-state index < -0.39 is 0 Å². The molecule has 0 saturated carbocycles. The van der Waals surface area contributed by atoms with Crippen LogP contribution in [0.4, 0.5) is 4.39 Å². The number of halogens is 1. The fourth-order valence-corrected chi connectivity index (χ4v) is 3.68. The van der Waals surface area contributed by atoms with E-state index in [0.717, 1.165) is 24.3 Å². The van der Waals surface area contributed by atoms with E-state index in [9.17, 15) is 9.18 Å². The highest BCUT2D eigenvalue weighted by atomic mass is 19.1. The molecule has 2 aromatic carbocycles.